The van der Waals surface area contributed by atoms with E-state index in [2.05, 4.69) is 21.6 Å². The number of amides is 2. The van der Waals surface area contributed by atoms with E-state index in [9.17, 15) is 9.59 Å². The molecule has 0 saturated carbocycles. The number of carbonyl (C=O) groups excluding carboxylic acids is 2. The van der Waals surface area contributed by atoms with Crippen molar-refractivity contribution >= 4 is 35.0 Å². The summed E-state index contributed by atoms with van der Waals surface area (Å²) in [4.78, 5) is 27.4. The number of para-hydroxylation sites is 2. The first kappa shape index (κ1) is 22.9. The number of hydrogen-bond donors (Lipinski definition) is 1. The molecule has 178 valence electrons. The quantitative estimate of drug-likeness (QED) is 0.395. The molecule has 4 aromatic rings. The molecule has 0 aliphatic carbocycles. The Bertz CT molecular complexity index is 1370. The topological polar surface area (TPSA) is 93.3 Å². The summed E-state index contributed by atoms with van der Waals surface area (Å²) in [6.07, 6.45) is 1.87. The average molecular weight is 488 g/mol. The van der Waals surface area contributed by atoms with Crippen molar-refractivity contribution in [2.75, 3.05) is 16.0 Å². The molecule has 0 unspecified atom stereocenters. The first-order valence-electron chi connectivity index (χ1n) is 11.4. The van der Waals surface area contributed by atoms with Crippen LogP contribution in [0.2, 0.25) is 0 Å². The maximum absolute atomic E-state index is 13.4. The fourth-order valence-corrected chi connectivity index (χ4v) is 5.05. The van der Waals surface area contributed by atoms with Gasteiger partial charge in [-0.2, -0.15) is 0 Å². The molecule has 1 atom stereocenters. The van der Waals surface area contributed by atoms with Gasteiger partial charge in [0.2, 0.25) is 11.8 Å². The number of anilines is 2. The van der Waals surface area contributed by atoms with Gasteiger partial charge in [-0.25, -0.2) is 0 Å². The summed E-state index contributed by atoms with van der Waals surface area (Å²) in [5, 5.41) is 12.4. The van der Waals surface area contributed by atoms with Crippen LogP contribution >= 0.6 is 11.8 Å². The highest BCUT2D eigenvalue weighted by atomic mass is 32.2. The molecule has 9 heteroatoms. The van der Waals surface area contributed by atoms with Crippen LogP contribution in [-0.2, 0) is 16.1 Å². The van der Waals surface area contributed by atoms with E-state index in [0.717, 1.165) is 16.9 Å². The number of aryl methyl sites for hydroxylation is 1. The molecular weight excluding hydrogens is 462 g/mol. The second kappa shape index (κ2) is 9.79. The van der Waals surface area contributed by atoms with Gasteiger partial charge in [-0.15, -0.1) is 10.2 Å². The van der Waals surface area contributed by atoms with Crippen LogP contribution in [0.25, 0.3) is 11.4 Å². The van der Waals surface area contributed by atoms with Crippen LogP contribution < -0.4 is 10.2 Å². The molecular formula is C26H25N5O3S. The number of rotatable bonds is 6. The SMILES string of the molecule is Cc1cccc(-c2nnc(SCC(=O)N3c4ccccc4NC(=O)C[C@@H]3C)n2Cc2ccco2)c1. The van der Waals surface area contributed by atoms with Gasteiger partial charge < -0.3 is 14.6 Å². The fraction of sp³-hybridized carbons (Fsp3) is 0.231. The normalized spacial score (nSPS) is 15.4. The number of benzene rings is 2. The first-order valence-corrected chi connectivity index (χ1v) is 12.3. The van der Waals surface area contributed by atoms with Gasteiger partial charge in [-0.1, -0.05) is 47.7 Å². The highest BCUT2D eigenvalue weighted by molar-refractivity contribution is 7.99. The van der Waals surface area contributed by atoms with Crippen LogP contribution in [0.3, 0.4) is 0 Å². The standard InChI is InChI=1S/C26H25N5O3S/c1-17-7-5-8-19(13-17)25-28-29-26(30(25)15-20-9-6-12-34-20)35-16-24(33)31-18(2)14-23(32)27-21-10-3-4-11-22(21)31/h3-13,18H,14-16H2,1-2H3,(H,27,32)/t18-/m0/s1. The summed E-state index contributed by atoms with van der Waals surface area (Å²) in [7, 11) is 0. The molecule has 1 aliphatic rings. The second-order valence-electron chi connectivity index (χ2n) is 8.51. The maximum atomic E-state index is 13.4. The zero-order valence-electron chi connectivity index (χ0n) is 19.5. The Balaban J connectivity index is 1.42. The molecule has 2 aromatic heterocycles. The number of hydrogen-bond acceptors (Lipinski definition) is 6. The highest BCUT2D eigenvalue weighted by Gasteiger charge is 2.30. The average Bonchev–Trinajstić information content (AvgIpc) is 3.46. The lowest BCUT2D eigenvalue weighted by Crippen LogP contribution is -2.40. The van der Waals surface area contributed by atoms with E-state index in [4.69, 9.17) is 4.42 Å². The third kappa shape index (κ3) is 4.85. The Labute approximate surface area is 207 Å². The molecule has 1 aliphatic heterocycles. The van der Waals surface area contributed by atoms with Gasteiger partial charge in [0.05, 0.1) is 29.9 Å². The number of nitrogens with zero attached hydrogens (tertiary/aromatic N) is 4. The number of nitrogens with one attached hydrogen (secondary N) is 1. The molecule has 0 saturated heterocycles. The molecule has 5 rings (SSSR count). The molecule has 2 amide bonds. The minimum atomic E-state index is -0.268. The summed E-state index contributed by atoms with van der Waals surface area (Å²) < 4.78 is 7.54. The lowest BCUT2D eigenvalue weighted by Gasteiger charge is -2.27. The van der Waals surface area contributed by atoms with Crippen molar-refractivity contribution in [3.8, 4) is 11.4 Å². The molecule has 0 radical (unpaired) electrons. The van der Waals surface area contributed by atoms with Gasteiger partial charge in [0, 0.05) is 18.0 Å². The van der Waals surface area contributed by atoms with Gasteiger partial charge in [-0.05, 0) is 44.2 Å². The van der Waals surface area contributed by atoms with Crippen LogP contribution in [-0.4, -0.2) is 38.4 Å². The lowest BCUT2D eigenvalue weighted by atomic mass is 10.1. The van der Waals surface area contributed by atoms with Gasteiger partial charge in [0.25, 0.3) is 0 Å². The Kier molecular flexibility index (Phi) is 6.41. The zero-order valence-corrected chi connectivity index (χ0v) is 20.3. The van der Waals surface area contributed by atoms with E-state index in [1.807, 2.05) is 73.0 Å². The Morgan fingerprint density at radius 2 is 2.00 bits per heavy atom. The molecule has 2 aromatic carbocycles. The van der Waals surface area contributed by atoms with Crippen molar-refractivity contribution < 1.29 is 14.0 Å². The monoisotopic (exact) mass is 487 g/mol. The summed E-state index contributed by atoms with van der Waals surface area (Å²) >= 11 is 1.33. The number of carbonyl (C=O) groups is 2. The van der Waals surface area contributed by atoms with Crippen LogP contribution in [0.4, 0.5) is 11.4 Å². The Morgan fingerprint density at radius 3 is 2.80 bits per heavy atom. The molecule has 3 heterocycles. The number of thioether (sulfide) groups is 1. The van der Waals surface area contributed by atoms with Crippen LogP contribution in [0.5, 0.6) is 0 Å². The van der Waals surface area contributed by atoms with Gasteiger partial charge >= 0.3 is 0 Å². The van der Waals surface area contributed by atoms with Crippen LogP contribution in [0, 0.1) is 6.92 Å². The third-order valence-electron chi connectivity index (χ3n) is 5.84. The molecule has 0 bridgehead atoms. The molecule has 0 fully saturated rings. The first-order chi connectivity index (χ1) is 17.0. The van der Waals surface area contributed by atoms with E-state index in [1.54, 1.807) is 11.2 Å². The van der Waals surface area contributed by atoms with Crippen molar-refractivity contribution in [3.05, 3.63) is 78.3 Å². The summed E-state index contributed by atoms with van der Waals surface area (Å²) in [6, 6.07) is 18.9. The Morgan fingerprint density at radius 1 is 1.14 bits per heavy atom. The number of fused-ring (bicyclic) bond motifs is 1. The number of furan rings is 1. The minimum Gasteiger partial charge on any atom is -0.467 e. The fourth-order valence-electron chi connectivity index (χ4n) is 4.26. The van der Waals surface area contributed by atoms with E-state index in [-0.39, 0.29) is 30.0 Å². The molecule has 1 N–H and O–H groups in total. The summed E-state index contributed by atoms with van der Waals surface area (Å²) in [6.45, 7) is 4.37. The summed E-state index contributed by atoms with van der Waals surface area (Å²) in [5.74, 6) is 1.43. The lowest BCUT2D eigenvalue weighted by molar-refractivity contribution is -0.117. The van der Waals surface area contributed by atoms with E-state index >= 15 is 0 Å². The largest absolute Gasteiger partial charge is 0.467 e. The van der Waals surface area contributed by atoms with E-state index < -0.39 is 0 Å². The number of aromatic nitrogens is 3. The smallest absolute Gasteiger partial charge is 0.237 e. The maximum Gasteiger partial charge on any atom is 0.237 e. The van der Waals surface area contributed by atoms with Crippen LogP contribution in [0.15, 0.2) is 76.5 Å². The molecule has 35 heavy (non-hydrogen) atoms. The van der Waals surface area contributed by atoms with Gasteiger partial charge in [0.1, 0.15) is 5.76 Å². The zero-order chi connectivity index (χ0) is 24.4. The molecule has 0 spiro atoms. The third-order valence-corrected chi connectivity index (χ3v) is 6.79. The Hall–Kier alpha value is -3.85. The second-order valence-corrected chi connectivity index (χ2v) is 9.45. The van der Waals surface area contributed by atoms with E-state index in [0.29, 0.717) is 28.9 Å². The minimum absolute atomic E-state index is 0.101. The van der Waals surface area contributed by atoms with Crippen molar-refractivity contribution in [2.24, 2.45) is 0 Å². The van der Waals surface area contributed by atoms with Crippen molar-refractivity contribution in [1.82, 2.24) is 14.8 Å². The van der Waals surface area contributed by atoms with Crippen LogP contribution in [0.1, 0.15) is 24.7 Å². The van der Waals surface area contributed by atoms with Gasteiger partial charge in [-0.3, -0.25) is 14.2 Å². The van der Waals surface area contributed by atoms with Crippen molar-refractivity contribution in [3.63, 3.8) is 0 Å². The summed E-state index contributed by atoms with van der Waals surface area (Å²) in [5.41, 5.74) is 3.41. The van der Waals surface area contributed by atoms with Gasteiger partial charge in [0.15, 0.2) is 11.0 Å². The predicted molar refractivity (Wildman–Crippen MR) is 135 cm³/mol. The van der Waals surface area contributed by atoms with Crippen molar-refractivity contribution in [2.45, 2.75) is 38.0 Å². The van der Waals surface area contributed by atoms with Crippen molar-refractivity contribution in [1.29, 1.82) is 0 Å². The predicted octanol–water partition coefficient (Wildman–Crippen LogP) is 4.75. The highest BCUT2D eigenvalue weighted by Crippen LogP contribution is 2.33. The molecule has 8 nitrogen and oxygen atoms in total. The van der Waals surface area contributed by atoms with E-state index in [1.165, 1.54) is 11.8 Å².